The second-order valence-corrected chi connectivity index (χ2v) is 2.34. The van der Waals surface area contributed by atoms with Crippen LogP contribution in [0.25, 0.3) is 0 Å². The van der Waals surface area contributed by atoms with E-state index in [1.54, 1.807) is 0 Å². The molecule has 1 unspecified atom stereocenters. The highest BCUT2D eigenvalue weighted by Crippen LogP contribution is 2.15. The Morgan fingerprint density at radius 1 is 1.64 bits per heavy atom. The predicted octanol–water partition coefficient (Wildman–Crippen LogP) is 1.04. The van der Waals surface area contributed by atoms with Crippen molar-refractivity contribution in [3.8, 4) is 0 Å². The fourth-order valence-corrected chi connectivity index (χ4v) is 0.424. The van der Waals surface area contributed by atoms with E-state index in [2.05, 4.69) is 4.74 Å². The minimum absolute atomic E-state index is 0.0164. The van der Waals surface area contributed by atoms with Crippen LogP contribution in [0, 0.1) is 0 Å². The zero-order chi connectivity index (χ0) is 9.07. The van der Waals surface area contributed by atoms with Crippen molar-refractivity contribution >= 4 is 22.8 Å². The molecule has 0 aromatic rings. The van der Waals surface area contributed by atoms with Gasteiger partial charge in [-0.1, -0.05) is 0 Å². The Labute approximate surface area is 68.5 Å². The average molecular weight is 183 g/mol. The van der Waals surface area contributed by atoms with Crippen LogP contribution in [0.4, 0.5) is 4.39 Å². The first kappa shape index (κ1) is 10.4. The molecule has 1 atom stereocenters. The van der Waals surface area contributed by atoms with Gasteiger partial charge in [0.05, 0.1) is 6.61 Å². The molecule has 64 valence electrons. The number of rotatable bonds is 3. The van der Waals surface area contributed by atoms with Crippen molar-refractivity contribution in [3.05, 3.63) is 0 Å². The van der Waals surface area contributed by atoms with Gasteiger partial charge in [0, 0.05) is 0 Å². The average Bonchev–Trinajstić information content (AvgIpc) is 1.88. The second kappa shape index (κ2) is 3.67. The van der Waals surface area contributed by atoms with Crippen LogP contribution in [-0.2, 0) is 14.3 Å². The first-order valence-electron chi connectivity index (χ1n) is 2.99. The molecule has 0 saturated heterocycles. The number of esters is 1. The van der Waals surface area contributed by atoms with Crippen molar-refractivity contribution < 1.29 is 18.7 Å². The summed E-state index contributed by atoms with van der Waals surface area (Å²) in [7, 11) is 0. The van der Waals surface area contributed by atoms with Gasteiger partial charge < -0.3 is 4.74 Å². The van der Waals surface area contributed by atoms with Crippen LogP contribution in [0.2, 0.25) is 0 Å². The smallest absolute Gasteiger partial charge is 0.352 e. The van der Waals surface area contributed by atoms with Crippen LogP contribution in [-0.4, -0.2) is 23.5 Å². The summed E-state index contributed by atoms with van der Waals surface area (Å²) in [5.74, 6) is -1.25. The van der Waals surface area contributed by atoms with E-state index in [0.29, 0.717) is 0 Å². The Kier molecular flexibility index (Phi) is 3.45. The zero-order valence-electron chi connectivity index (χ0n) is 6.19. The van der Waals surface area contributed by atoms with E-state index >= 15 is 0 Å². The third-order valence-corrected chi connectivity index (χ3v) is 1.38. The molecule has 0 aliphatic heterocycles. The van der Waals surface area contributed by atoms with Gasteiger partial charge in [-0.15, -0.1) is 0 Å². The van der Waals surface area contributed by atoms with Crippen LogP contribution in [0.5, 0.6) is 0 Å². The summed E-state index contributed by atoms with van der Waals surface area (Å²) in [6.07, 6.45) is 0. The molecule has 0 radical (unpaired) electrons. The molecule has 0 amide bonds. The second-order valence-electron chi connectivity index (χ2n) is 2.00. The van der Waals surface area contributed by atoms with Gasteiger partial charge in [0.1, 0.15) is 0 Å². The third-order valence-electron chi connectivity index (χ3n) is 1.03. The van der Waals surface area contributed by atoms with Gasteiger partial charge in [-0.25, -0.2) is 9.18 Å². The van der Waals surface area contributed by atoms with Gasteiger partial charge >= 0.3 is 5.97 Å². The molecule has 0 N–H and O–H groups in total. The van der Waals surface area contributed by atoms with E-state index in [1.807, 2.05) is 0 Å². The van der Waals surface area contributed by atoms with Gasteiger partial charge in [0.15, 0.2) is 0 Å². The van der Waals surface area contributed by atoms with Crippen LogP contribution in [0.15, 0.2) is 0 Å². The Morgan fingerprint density at radius 3 is 2.36 bits per heavy atom. The molecule has 0 aromatic carbocycles. The lowest BCUT2D eigenvalue weighted by Gasteiger charge is -2.12. The molecule has 0 aromatic heterocycles. The normalized spacial score (nSPS) is 15.3. The molecule has 5 heteroatoms. The molecule has 0 fully saturated rings. The first-order valence-corrected chi connectivity index (χ1v) is 3.36. The molecule has 0 rings (SSSR count). The lowest BCUT2D eigenvalue weighted by atomic mass is 10.2. The van der Waals surface area contributed by atoms with Crippen molar-refractivity contribution in [2.45, 2.75) is 19.5 Å². The van der Waals surface area contributed by atoms with Crippen molar-refractivity contribution in [2.75, 3.05) is 6.61 Å². The standard InChI is InChI=1S/C6H8ClFO3/c1-3-11-5(10)6(2,8)4(7)9/h3H2,1-2H3. The summed E-state index contributed by atoms with van der Waals surface area (Å²) >= 11 is 4.79. The number of hydrogen-bond acceptors (Lipinski definition) is 3. The van der Waals surface area contributed by atoms with Crippen LogP contribution in [0.3, 0.4) is 0 Å². The summed E-state index contributed by atoms with van der Waals surface area (Å²) in [6, 6.07) is 0. The molecular formula is C6H8ClFO3. The number of hydrogen-bond donors (Lipinski definition) is 0. The Balaban J connectivity index is 4.30. The maximum atomic E-state index is 12.8. The number of carbonyl (C=O) groups is 2. The number of carbonyl (C=O) groups excluding carboxylic acids is 2. The summed E-state index contributed by atoms with van der Waals surface area (Å²) < 4.78 is 17.1. The largest absolute Gasteiger partial charge is 0.463 e. The fourth-order valence-electron chi connectivity index (χ4n) is 0.347. The van der Waals surface area contributed by atoms with E-state index in [1.165, 1.54) is 6.92 Å². The predicted molar refractivity (Wildman–Crippen MR) is 37.0 cm³/mol. The molecule has 0 aliphatic carbocycles. The number of halogens is 2. The van der Waals surface area contributed by atoms with E-state index in [9.17, 15) is 14.0 Å². The molecular weight excluding hydrogens is 175 g/mol. The fraction of sp³-hybridized carbons (Fsp3) is 0.667. The highest BCUT2D eigenvalue weighted by atomic mass is 35.5. The van der Waals surface area contributed by atoms with Crippen molar-refractivity contribution in [3.63, 3.8) is 0 Å². The van der Waals surface area contributed by atoms with Crippen LogP contribution >= 0.6 is 11.6 Å². The van der Waals surface area contributed by atoms with Gasteiger partial charge in [-0.2, -0.15) is 0 Å². The summed E-state index contributed by atoms with van der Waals surface area (Å²) in [4.78, 5) is 20.9. The van der Waals surface area contributed by atoms with E-state index in [-0.39, 0.29) is 6.61 Å². The highest BCUT2D eigenvalue weighted by molar-refractivity contribution is 6.67. The van der Waals surface area contributed by atoms with Gasteiger partial charge in [0.25, 0.3) is 10.9 Å². The number of alkyl halides is 1. The maximum absolute atomic E-state index is 12.8. The van der Waals surface area contributed by atoms with Crippen molar-refractivity contribution in [2.24, 2.45) is 0 Å². The SMILES string of the molecule is CCOC(=O)C(C)(F)C(=O)Cl. The minimum Gasteiger partial charge on any atom is -0.463 e. The van der Waals surface area contributed by atoms with Crippen LogP contribution in [0.1, 0.15) is 13.8 Å². The molecule has 0 aliphatic rings. The minimum atomic E-state index is -2.72. The Morgan fingerprint density at radius 2 is 2.09 bits per heavy atom. The van der Waals surface area contributed by atoms with Gasteiger partial charge in [0.2, 0.25) is 0 Å². The summed E-state index contributed by atoms with van der Waals surface area (Å²) in [5.41, 5.74) is -2.72. The van der Waals surface area contributed by atoms with Crippen molar-refractivity contribution in [1.82, 2.24) is 0 Å². The van der Waals surface area contributed by atoms with Crippen molar-refractivity contribution in [1.29, 1.82) is 0 Å². The zero-order valence-corrected chi connectivity index (χ0v) is 6.94. The molecule has 0 saturated carbocycles. The monoisotopic (exact) mass is 182 g/mol. The molecule has 3 nitrogen and oxygen atoms in total. The van der Waals surface area contributed by atoms with Gasteiger partial charge in [-0.3, -0.25) is 4.79 Å². The molecule has 0 heterocycles. The van der Waals surface area contributed by atoms with Crippen LogP contribution < -0.4 is 0 Å². The molecule has 0 spiro atoms. The quantitative estimate of drug-likeness (QED) is 0.372. The molecule has 11 heavy (non-hydrogen) atoms. The summed E-state index contributed by atoms with van der Waals surface area (Å²) in [6.45, 7) is 2.29. The van der Waals surface area contributed by atoms with Gasteiger partial charge in [-0.05, 0) is 25.4 Å². The number of ether oxygens (including phenoxy) is 1. The first-order chi connectivity index (χ1) is 4.92. The van der Waals surface area contributed by atoms with E-state index in [0.717, 1.165) is 6.92 Å². The lowest BCUT2D eigenvalue weighted by Crippen LogP contribution is -2.37. The van der Waals surface area contributed by atoms with E-state index in [4.69, 9.17) is 11.6 Å². The Hall–Kier alpha value is -0.640. The third kappa shape index (κ3) is 2.46. The topological polar surface area (TPSA) is 43.4 Å². The maximum Gasteiger partial charge on any atom is 0.352 e. The van der Waals surface area contributed by atoms with E-state index < -0.39 is 16.9 Å². The lowest BCUT2D eigenvalue weighted by molar-refractivity contribution is -0.158. The highest BCUT2D eigenvalue weighted by Gasteiger charge is 2.41. The Bertz CT molecular complexity index is 179. The summed E-state index contributed by atoms with van der Waals surface area (Å²) in [5, 5.41) is -1.36. The molecule has 0 bridgehead atoms.